The molecule has 2 aliphatic heterocycles. The second-order valence-electron chi connectivity index (χ2n) is 22.7. The Morgan fingerprint density at radius 3 is 1.73 bits per heavy atom. The van der Waals surface area contributed by atoms with Crippen LogP contribution in [-0.4, -0.2) is 285 Å². The molecule has 0 unspecified atom stereocenters. The molecule has 15 N–H and O–H groups in total. The number of ether oxygens (including phenoxy) is 2. The van der Waals surface area contributed by atoms with Crippen LogP contribution in [0.15, 0.2) is 60.7 Å². The zero-order valence-electron chi connectivity index (χ0n) is 52.6. The first-order valence-electron chi connectivity index (χ1n) is 30.7. The van der Waals surface area contributed by atoms with Gasteiger partial charge in [-0.1, -0.05) is 54.6 Å². The first-order valence-corrected chi connectivity index (χ1v) is 30.7. The van der Waals surface area contributed by atoms with Crippen molar-refractivity contribution in [2.45, 2.75) is 69.6 Å². The van der Waals surface area contributed by atoms with Crippen LogP contribution in [0.3, 0.4) is 0 Å². The lowest BCUT2D eigenvalue weighted by Crippen LogP contribution is -2.58. The van der Waals surface area contributed by atoms with Crippen LogP contribution in [-0.2, 0) is 75.1 Å². The van der Waals surface area contributed by atoms with Crippen LogP contribution in [0.4, 0.5) is 0 Å². The molecule has 0 saturated carbocycles. The van der Waals surface area contributed by atoms with Crippen LogP contribution in [0.25, 0.3) is 10.8 Å². The number of nitrogens with two attached hydrogens (primary N) is 1. The summed E-state index contributed by atoms with van der Waals surface area (Å²) >= 11 is 0. The summed E-state index contributed by atoms with van der Waals surface area (Å²) in [6, 6.07) is 12.6. The van der Waals surface area contributed by atoms with E-state index in [2.05, 4.69) is 42.5 Å². The van der Waals surface area contributed by atoms with E-state index >= 15 is 0 Å². The highest BCUT2D eigenvalue weighted by Crippen LogP contribution is 2.21. The fourth-order valence-electron chi connectivity index (χ4n) is 10.4. The number of likely N-dealkylation sites (N-methyl/N-ethyl adjacent to an activating group) is 1. The highest BCUT2D eigenvalue weighted by atomic mass is 16.5. The van der Waals surface area contributed by atoms with E-state index in [4.69, 9.17) is 20.6 Å². The number of benzene rings is 3. The van der Waals surface area contributed by atoms with Gasteiger partial charge in [-0.2, -0.15) is 0 Å². The third-order valence-corrected chi connectivity index (χ3v) is 15.3. The van der Waals surface area contributed by atoms with Crippen LogP contribution in [0.1, 0.15) is 42.4 Å². The minimum atomic E-state index is -1.31. The molecule has 0 aliphatic carbocycles. The summed E-state index contributed by atoms with van der Waals surface area (Å²) in [4.78, 5) is 152. The van der Waals surface area contributed by atoms with E-state index in [1.165, 1.54) is 13.1 Å². The van der Waals surface area contributed by atoms with Gasteiger partial charge in [0.1, 0.15) is 36.5 Å². The second kappa shape index (κ2) is 39.3. The molecule has 0 radical (unpaired) electrons. The van der Waals surface area contributed by atoms with E-state index < -0.39 is 103 Å². The van der Waals surface area contributed by atoms with Crippen LogP contribution in [0.2, 0.25) is 0 Å². The highest BCUT2D eigenvalue weighted by molar-refractivity contribution is 5.97. The Hall–Kier alpha value is -9.08. The number of aromatic hydroxyl groups is 1. The van der Waals surface area contributed by atoms with Gasteiger partial charge in [0.2, 0.25) is 47.3 Å². The molecule has 0 spiro atoms. The van der Waals surface area contributed by atoms with E-state index in [9.17, 15) is 73.2 Å². The average molecular weight is 1300 g/mol. The Morgan fingerprint density at radius 2 is 1.12 bits per heavy atom. The number of fused-ring (bicyclic) bond motifs is 1. The van der Waals surface area contributed by atoms with E-state index in [0.29, 0.717) is 16.7 Å². The number of rotatable bonds is 30. The Morgan fingerprint density at radius 1 is 0.581 bits per heavy atom. The summed E-state index contributed by atoms with van der Waals surface area (Å²) in [7, 11) is 1.36. The summed E-state index contributed by atoms with van der Waals surface area (Å²) in [5, 5.41) is 69.4. The second-order valence-corrected chi connectivity index (χ2v) is 22.7. The lowest BCUT2D eigenvalue weighted by atomic mass is 10.00. The van der Waals surface area contributed by atoms with Crippen LogP contribution in [0, 0.1) is 12.3 Å². The van der Waals surface area contributed by atoms with Gasteiger partial charge in [-0.3, -0.25) is 77.7 Å². The van der Waals surface area contributed by atoms with E-state index in [0.717, 1.165) is 15.7 Å². The molecule has 32 heteroatoms. The van der Waals surface area contributed by atoms with Crippen molar-refractivity contribution in [3.05, 3.63) is 77.4 Å². The fraction of sp³-hybridized carbons (Fsp3) is 0.541. The number of carbonyl (C=O) groups is 11. The quantitative estimate of drug-likeness (QED) is 0.0172. The van der Waals surface area contributed by atoms with Gasteiger partial charge in [0.25, 0.3) is 0 Å². The van der Waals surface area contributed by atoms with Crippen molar-refractivity contribution in [1.82, 2.24) is 67.0 Å². The summed E-state index contributed by atoms with van der Waals surface area (Å²) in [6.07, 6.45) is 0.103. The van der Waals surface area contributed by atoms with Gasteiger partial charge >= 0.3 is 17.9 Å². The van der Waals surface area contributed by atoms with Gasteiger partial charge in [-0.15, -0.1) is 0 Å². The molecule has 2 aliphatic rings. The molecule has 2 fully saturated rings. The van der Waals surface area contributed by atoms with Crippen LogP contribution >= 0.6 is 0 Å². The number of carbonyl (C=O) groups excluding carboxylic acids is 8. The maximum absolute atomic E-state index is 14.6. The SMILES string of the molecule is Cc1cc(C[C@H]2NC(=O)CNC(=O)[C@H](Cc3ccc4ccccc4c3)NC(=O)[C@H](CCCNC(=N)N)NC(=O)[C@@H](CCCNC(=O)CNC(=O)COCCOCCNC(=O)CN3CCN(CC(=O)O)CCN(CC(=O)O)CCN(CC(=O)O)CC3)N(C)C2=O)ccc1O. The standard InChI is InChI=1S/C61H89N15O17/c1-40-29-41(12-14-49(40)77)32-47-60(91)72(2)48(59(90)70-45(9-5-16-66-61(62)63)58(89)71-46(57(88)68-34-51(79)69-47)31-42-11-13-43-7-3-4-8-44(43)30-42)10-6-15-64-50(78)33-67-53(81)39-93-28-27-92-26-17-65-52(80)35-73-18-20-74(36-54(82)83)22-24-76(38-56(86)87)25-23-75(21-19-73)37-55(84)85/h3-4,7-8,11-14,29-30,45-48,77H,5-6,9-10,15-28,31-39H2,1-2H3,(H,64,78)(H,65,80)(H,67,81)(H,68,88)(H,69,79)(H,70,90)(H,71,89)(H,82,83)(H,84,85)(H,86,87)(H4,62,63,66)/t45-,46-,47+,48+/m0/s1. The summed E-state index contributed by atoms with van der Waals surface area (Å²) in [5.74, 6) is -8.79. The first kappa shape index (κ1) is 74.6. The number of aliphatic carboxylic acids is 3. The predicted octanol–water partition coefficient (Wildman–Crippen LogP) is -4.05. The number of carboxylic acid groups (broad SMARTS) is 3. The topological polar surface area (TPSA) is 449 Å². The normalized spacial score (nSPS) is 19.0. The third kappa shape index (κ3) is 28.1. The largest absolute Gasteiger partial charge is 0.508 e. The number of phenolic OH excluding ortho intramolecular Hbond substituents is 1. The van der Waals surface area contributed by atoms with Crippen LogP contribution < -0.4 is 48.3 Å². The summed E-state index contributed by atoms with van der Waals surface area (Å²) in [6.45, 7) is 1.54. The molecule has 510 valence electrons. The van der Waals surface area contributed by atoms with Gasteiger partial charge in [0.15, 0.2) is 5.96 Å². The average Bonchev–Trinajstić information content (AvgIpc) is 1.59. The smallest absolute Gasteiger partial charge is 0.317 e. The van der Waals surface area contributed by atoms with E-state index in [1.54, 1.807) is 38.7 Å². The lowest BCUT2D eigenvalue weighted by molar-refractivity contribution is -0.142. The number of carboxylic acids is 3. The minimum Gasteiger partial charge on any atom is -0.508 e. The molecule has 2 heterocycles. The fourth-order valence-corrected chi connectivity index (χ4v) is 10.4. The van der Waals surface area contributed by atoms with Crippen molar-refractivity contribution < 1.29 is 82.6 Å². The minimum absolute atomic E-state index is 0.00394. The zero-order chi connectivity index (χ0) is 67.8. The number of phenols is 1. The Balaban J connectivity index is 1.13. The van der Waals surface area contributed by atoms with E-state index in [-0.39, 0.29) is 174 Å². The predicted molar refractivity (Wildman–Crippen MR) is 337 cm³/mol. The number of nitrogens with zero attached hydrogens (tertiary/aromatic N) is 5. The van der Waals surface area contributed by atoms with Crippen LogP contribution in [0.5, 0.6) is 5.75 Å². The molecule has 0 aromatic heterocycles. The molecule has 2 saturated heterocycles. The molecule has 3 aromatic rings. The molecule has 32 nitrogen and oxygen atoms in total. The number of hydrogen-bond donors (Lipinski definition) is 14. The van der Waals surface area contributed by atoms with Crippen molar-refractivity contribution in [1.29, 1.82) is 5.41 Å². The van der Waals surface area contributed by atoms with Crippen molar-refractivity contribution in [2.24, 2.45) is 5.73 Å². The molecule has 0 bridgehead atoms. The number of guanidine groups is 1. The lowest BCUT2D eigenvalue weighted by Gasteiger charge is -2.32. The van der Waals surface area contributed by atoms with Gasteiger partial charge in [-0.05, 0) is 66.1 Å². The van der Waals surface area contributed by atoms with Crippen molar-refractivity contribution in [3.63, 3.8) is 0 Å². The van der Waals surface area contributed by atoms with E-state index in [1.807, 2.05) is 42.5 Å². The summed E-state index contributed by atoms with van der Waals surface area (Å²) in [5.41, 5.74) is 7.24. The van der Waals surface area contributed by atoms with Gasteiger partial charge in [-0.25, -0.2) is 0 Å². The molecule has 4 atom stereocenters. The number of amides is 8. The molecule has 8 amide bonds. The van der Waals surface area contributed by atoms with Gasteiger partial charge < -0.3 is 83.1 Å². The monoisotopic (exact) mass is 1300 g/mol. The van der Waals surface area contributed by atoms with Crippen molar-refractivity contribution in [2.75, 3.05) is 145 Å². The molecule has 5 rings (SSSR count). The maximum Gasteiger partial charge on any atom is 0.317 e. The number of hydrogen-bond acceptors (Lipinski definition) is 19. The Bertz CT molecular complexity index is 3030. The molecule has 3 aromatic carbocycles. The highest BCUT2D eigenvalue weighted by Gasteiger charge is 2.36. The Labute approximate surface area is 538 Å². The zero-order valence-corrected chi connectivity index (χ0v) is 52.6. The Kier molecular flexibility index (Phi) is 31.6. The van der Waals surface area contributed by atoms with Crippen molar-refractivity contribution >= 4 is 81.9 Å². The maximum atomic E-state index is 14.6. The number of nitrogens with one attached hydrogen (secondary N) is 9. The molecule has 93 heavy (non-hydrogen) atoms. The summed E-state index contributed by atoms with van der Waals surface area (Å²) < 4.78 is 10.9. The van der Waals surface area contributed by atoms with Gasteiger partial charge in [0, 0.05) is 91.9 Å². The number of aryl methyl sites for hydroxylation is 1. The van der Waals surface area contributed by atoms with Crippen molar-refractivity contribution in [3.8, 4) is 5.75 Å². The third-order valence-electron chi connectivity index (χ3n) is 15.3. The molecular formula is C61H89N15O17. The van der Waals surface area contributed by atoms with Gasteiger partial charge in [0.05, 0.1) is 59.1 Å². The first-order chi connectivity index (χ1) is 44.4. The molecular weight excluding hydrogens is 1210 g/mol.